The number of nitrogens with zero attached hydrogens (tertiary/aromatic N) is 3. The molecule has 0 saturated heterocycles. The van der Waals surface area contributed by atoms with Crippen LogP contribution in [0.3, 0.4) is 0 Å². The van der Waals surface area contributed by atoms with Crippen LogP contribution in [0, 0.1) is 10.1 Å². The number of benzene rings is 1. The summed E-state index contributed by atoms with van der Waals surface area (Å²) in [4.78, 5) is 18.5. The van der Waals surface area contributed by atoms with Crippen molar-refractivity contribution in [2.75, 3.05) is 12.0 Å². The number of nitro groups is 1. The van der Waals surface area contributed by atoms with Crippen LogP contribution in [0.1, 0.15) is 0 Å². The monoisotopic (exact) mass is 356 g/mol. The highest BCUT2D eigenvalue weighted by Crippen LogP contribution is 2.37. The number of hydrogen-bond donors (Lipinski definition) is 1. The molecule has 0 aliphatic rings. The molecule has 0 saturated carbocycles. The largest absolute Gasteiger partial charge is 0.430 e. The van der Waals surface area contributed by atoms with Crippen LogP contribution in [0.5, 0.6) is 11.6 Å². The molecular formula is C11H9BrN4O3S. The Hall–Kier alpha value is -1.87. The quantitative estimate of drug-likeness (QED) is 0.388. The number of hydrogen-bond acceptors (Lipinski definition) is 7. The van der Waals surface area contributed by atoms with Crippen LogP contribution >= 0.6 is 27.7 Å². The summed E-state index contributed by atoms with van der Waals surface area (Å²) < 4.78 is 5.95. The molecule has 0 radical (unpaired) electrons. The normalized spacial score (nSPS) is 10.3. The Labute approximate surface area is 126 Å². The van der Waals surface area contributed by atoms with E-state index in [0.29, 0.717) is 9.63 Å². The molecule has 0 aliphatic heterocycles. The second-order valence-corrected chi connectivity index (χ2v) is 5.19. The fourth-order valence-corrected chi connectivity index (χ4v) is 2.23. The lowest BCUT2D eigenvalue weighted by molar-refractivity contribution is -0.385. The average Bonchev–Trinajstić information content (AvgIpc) is 2.40. The molecule has 0 amide bonds. The Balaban J connectivity index is 2.44. The lowest BCUT2D eigenvalue weighted by Crippen LogP contribution is -1.99. The zero-order valence-electron chi connectivity index (χ0n) is 10.2. The van der Waals surface area contributed by atoms with Gasteiger partial charge in [0, 0.05) is 12.1 Å². The van der Waals surface area contributed by atoms with Crippen molar-refractivity contribution in [3.8, 4) is 11.6 Å². The van der Waals surface area contributed by atoms with Crippen molar-refractivity contribution in [2.45, 2.75) is 5.16 Å². The van der Waals surface area contributed by atoms with Crippen LogP contribution in [0.2, 0.25) is 0 Å². The number of para-hydroxylation sites is 1. The minimum Gasteiger partial charge on any atom is -0.430 e. The molecule has 2 N–H and O–H groups in total. The first-order valence-corrected chi connectivity index (χ1v) is 7.32. The van der Waals surface area contributed by atoms with Gasteiger partial charge in [-0.2, -0.15) is 4.98 Å². The van der Waals surface area contributed by atoms with Crippen LogP contribution in [0.4, 0.5) is 11.5 Å². The molecule has 0 spiro atoms. The highest BCUT2D eigenvalue weighted by molar-refractivity contribution is 9.10. The smallest absolute Gasteiger partial charge is 0.312 e. The summed E-state index contributed by atoms with van der Waals surface area (Å²) in [5.41, 5.74) is 5.47. The van der Waals surface area contributed by atoms with Crippen molar-refractivity contribution in [2.24, 2.45) is 0 Å². The SMILES string of the molecule is CSc1nc(N)cc(Oc2c(Br)cccc2[N+](=O)[O-])n1. The van der Waals surface area contributed by atoms with Gasteiger partial charge >= 0.3 is 5.69 Å². The van der Waals surface area contributed by atoms with Gasteiger partial charge in [-0.1, -0.05) is 17.8 Å². The standard InChI is InChI=1S/C11H9BrN4O3S/c1-20-11-14-8(13)5-9(15-11)19-10-6(12)3-2-4-7(10)16(17)18/h2-5H,1H3,(H2,13,14,15). The predicted octanol–water partition coefficient (Wildman–Crippen LogP) is 3.24. The van der Waals surface area contributed by atoms with Crippen LogP contribution in [-0.2, 0) is 0 Å². The van der Waals surface area contributed by atoms with E-state index in [-0.39, 0.29) is 23.1 Å². The van der Waals surface area contributed by atoms with Gasteiger partial charge in [0.15, 0.2) is 5.16 Å². The molecule has 0 fully saturated rings. The summed E-state index contributed by atoms with van der Waals surface area (Å²) >= 11 is 4.51. The van der Waals surface area contributed by atoms with Gasteiger partial charge in [-0.3, -0.25) is 10.1 Å². The van der Waals surface area contributed by atoms with E-state index < -0.39 is 4.92 Å². The average molecular weight is 357 g/mol. The van der Waals surface area contributed by atoms with Crippen LogP contribution in [0.15, 0.2) is 33.9 Å². The molecule has 0 bridgehead atoms. The lowest BCUT2D eigenvalue weighted by Gasteiger charge is -2.08. The first-order valence-electron chi connectivity index (χ1n) is 5.30. The van der Waals surface area contributed by atoms with Crippen LogP contribution in [0.25, 0.3) is 0 Å². The van der Waals surface area contributed by atoms with Crippen molar-refractivity contribution in [1.82, 2.24) is 9.97 Å². The predicted molar refractivity (Wildman–Crippen MR) is 79.1 cm³/mol. The number of aromatic nitrogens is 2. The summed E-state index contributed by atoms with van der Waals surface area (Å²) in [7, 11) is 0. The number of ether oxygens (including phenoxy) is 1. The van der Waals surface area contributed by atoms with E-state index in [4.69, 9.17) is 10.5 Å². The zero-order chi connectivity index (χ0) is 14.7. The third kappa shape index (κ3) is 3.17. The second-order valence-electron chi connectivity index (χ2n) is 3.57. The van der Waals surface area contributed by atoms with E-state index in [1.165, 1.54) is 23.9 Å². The molecule has 20 heavy (non-hydrogen) atoms. The van der Waals surface area contributed by atoms with Crippen molar-refractivity contribution >= 4 is 39.2 Å². The molecule has 0 aliphatic carbocycles. The summed E-state index contributed by atoms with van der Waals surface area (Å²) in [5, 5.41) is 11.4. The van der Waals surface area contributed by atoms with Crippen molar-refractivity contribution < 1.29 is 9.66 Å². The van der Waals surface area contributed by atoms with Gasteiger partial charge < -0.3 is 10.5 Å². The topological polar surface area (TPSA) is 104 Å². The Morgan fingerprint density at radius 1 is 1.45 bits per heavy atom. The fraction of sp³-hybridized carbons (Fsp3) is 0.0909. The maximum absolute atomic E-state index is 11.0. The summed E-state index contributed by atoms with van der Waals surface area (Å²) in [5.74, 6) is 0.452. The molecule has 9 heteroatoms. The second kappa shape index (κ2) is 6.06. The molecule has 0 atom stereocenters. The van der Waals surface area contributed by atoms with E-state index in [9.17, 15) is 10.1 Å². The minimum atomic E-state index is -0.528. The first-order chi connectivity index (χ1) is 9.51. The van der Waals surface area contributed by atoms with Gasteiger partial charge in [0.1, 0.15) is 5.82 Å². The summed E-state index contributed by atoms with van der Waals surface area (Å²) in [6, 6.07) is 5.95. The molecule has 7 nitrogen and oxygen atoms in total. The number of halogens is 1. The first kappa shape index (κ1) is 14.5. The molecule has 1 heterocycles. The molecule has 2 aromatic rings. The number of thioether (sulfide) groups is 1. The Morgan fingerprint density at radius 3 is 2.85 bits per heavy atom. The summed E-state index contributed by atoms with van der Waals surface area (Å²) in [6.45, 7) is 0. The number of anilines is 1. The third-order valence-electron chi connectivity index (χ3n) is 2.23. The number of nitro benzene ring substituents is 1. The van der Waals surface area contributed by atoms with Crippen molar-refractivity contribution in [3.05, 3.63) is 38.9 Å². The molecular weight excluding hydrogens is 348 g/mol. The van der Waals surface area contributed by atoms with Gasteiger partial charge in [-0.25, -0.2) is 4.98 Å². The third-order valence-corrected chi connectivity index (χ3v) is 3.41. The van der Waals surface area contributed by atoms with E-state index in [2.05, 4.69) is 25.9 Å². The Kier molecular flexibility index (Phi) is 4.40. The van der Waals surface area contributed by atoms with Crippen molar-refractivity contribution in [3.63, 3.8) is 0 Å². The van der Waals surface area contributed by atoms with E-state index >= 15 is 0 Å². The highest BCUT2D eigenvalue weighted by atomic mass is 79.9. The van der Waals surface area contributed by atoms with E-state index in [1.807, 2.05) is 0 Å². The number of nitrogen functional groups attached to an aromatic ring is 1. The van der Waals surface area contributed by atoms with Gasteiger partial charge in [0.05, 0.1) is 9.40 Å². The number of rotatable bonds is 4. The van der Waals surface area contributed by atoms with Gasteiger partial charge in [0.2, 0.25) is 11.6 Å². The highest BCUT2D eigenvalue weighted by Gasteiger charge is 2.19. The van der Waals surface area contributed by atoms with E-state index in [1.54, 1.807) is 18.4 Å². The van der Waals surface area contributed by atoms with Gasteiger partial charge in [-0.05, 0) is 28.3 Å². The van der Waals surface area contributed by atoms with Gasteiger partial charge in [0.25, 0.3) is 0 Å². The zero-order valence-corrected chi connectivity index (χ0v) is 12.6. The van der Waals surface area contributed by atoms with Crippen molar-refractivity contribution in [1.29, 1.82) is 0 Å². The molecule has 1 aromatic carbocycles. The Bertz CT molecular complexity index is 668. The molecule has 0 unspecified atom stereocenters. The van der Waals surface area contributed by atoms with Gasteiger partial charge in [-0.15, -0.1) is 0 Å². The maximum atomic E-state index is 11.0. The van der Waals surface area contributed by atoms with Crippen LogP contribution < -0.4 is 10.5 Å². The lowest BCUT2D eigenvalue weighted by atomic mass is 10.3. The fourth-order valence-electron chi connectivity index (χ4n) is 1.41. The minimum absolute atomic E-state index is 0.0719. The molecule has 104 valence electrons. The summed E-state index contributed by atoms with van der Waals surface area (Å²) in [6.07, 6.45) is 1.79. The molecule has 1 aromatic heterocycles. The molecule has 2 rings (SSSR count). The maximum Gasteiger partial charge on any atom is 0.312 e. The number of nitrogens with two attached hydrogens (primary N) is 1. The van der Waals surface area contributed by atoms with E-state index in [0.717, 1.165) is 0 Å². The van der Waals surface area contributed by atoms with Crippen LogP contribution in [-0.4, -0.2) is 21.1 Å². The Morgan fingerprint density at radius 2 is 2.20 bits per heavy atom.